The molecule has 1 aromatic carbocycles. The molecule has 0 aliphatic carbocycles. The third-order valence-corrected chi connectivity index (χ3v) is 4.31. The van der Waals surface area contributed by atoms with Crippen molar-refractivity contribution in [3.05, 3.63) is 47.7 Å². The molecule has 2 N–H and O–H groups in total. The molecular weight excluding hydrogens is 296 g/mol. The molecule has 1 aromatic heterocycles. The van der Waals surface area contributed by atoms with E-state index in [0.29, 0.717) is 5.76 Å². The first-order valence-electron chi connectivity index (χ1n) is 6.07. The number of aryl methyl sites for hydroxylation is 1. The van der Waals surface area contributed by atoms with E-state index in [-0.39, 0.29) is 16.3 Å². The number of hydrogen-bond acceptors (Lipinski definition) is 5. The van der Waals surface area contributed by atoms with Crippen LogP contribution in [0.4, 0.5) is 0 Å². The number of oxazole rings is 1. The lowest BCUT2D eigenvalue weighted by atomic mass is 10.2. The van der Waals surface area contributed by atoms with Crippen molar-refractivity contribution in [1.29, 1.82) is 0 Å². The molecule has 7 nitrogen and oxygen atoms in total. The van der Waals surface area contributed by atoms with Gasteiger partial charge in [-0.3, -0.25) is 0 Å². The van der Waals surface area contributed by atoms with Gasteiger partial charge in [-0.1, -0.05) is 0 Å². The van der Waals surface area contributed by atoms with E-state index in [0.717, 1.165) is 0 Å². The van der Waals surface area contributed by atoms with Crippen molar-refractivity contribution in [2.45, 2.75) is 24.8 Å². The number of rotatable bonds is 5. The molecule has 0 saturated carbocycles. The Morgan fingerprint density at radius 3 is 2.43 bits per heavy atom. The number of benzene rings is 1. The van der Waals surface area contributed by atoms with Gasteiger partial charge in [0.15, 0.2) is 0 Å². The number of nitrogens with zero attached hydrogens (tertiary/aromatic N) is 1. The Balaban J connectivity index is 2.19. The molecule has 2 aromatic rings. The summed E-state index contributed by atoms with van der Waals surface area (Å²) in [7, 11) is -3.78. The van der Waals surface area contributed by atoms with Gasteiger partial charge in [-0.15, -0.1) is 0 Å². The number of carboxylic acids is 1. The van der Waals surface area contributed by atoms with Gasteiger partial charge in [-0.2, -0.15) is 4.72 Å². The number of carbonyl (C=O) groups is 1. The van der Waals surface area contributed by atoms with Crippen molar-refractivity contribution in [2.24, 2.45) is 0 Å². The highest BCUT2D eigenvalue weighted by Gasteiger charge is 2.21. The fourth-order valence-electron chi connectivity index (χ4n) is 1.70. The summed E-state index contributed by atoms with van der Waals surface area (Å²) in [6.45, 7) is 3.32. The van der Waals surface area contributed by atoms with Gasteiger partial charge in [0.05, 0.1) is 22.7 Å². The Labute approximate surface area is 121 Å². The molecule has 0 fully saturated rings. The van der Waals surface area contributed by atoms with Crippen molar-refractivity contribution >= 4 is 16.0 Å². The van der Waals surface area contributed by atoms with Gasteiger partial charge < -0.3 is 9.52 Å². The summed E-state index contributed by atoms with van der Waals surface area (Å²) in [5.74, 6) is -0.268. The van der Waals surface area contributed by atoms with Gasteiger partial charge in [0.25, 0.3) is 0 Å². The van der Waals surface area contributed by atoms with Crippen LogP contribution < -0.4 is 4.72 Å². The van der Waals surface area contributed by atoms with Crippen LogP contribution in [-0.2, 0) is 10.0 Å². The van der Waals surface area contributed by atoms with Gasteiger partial charge >= 0.3 is 5.97 Å². The first kappa shape index (κ1) is 15.2. The zero-order valence-corrected chi connectivity index (χ0v) is 12.2. The number of carboxylic acid groups (broad SMARTS) is 1. The number of aromatic carboxylic acids is 1. The van der Waals surface area contributed by atoms with E-state index >= 15 is 0 Å². The lowest BCUT2D eigenvalue weighted by Crippen LogP contribution is -2.27. The molecule has 1 atom stereocenters. The number of sulfonamides is 1. The third kappa shape index (κ3) is 3.47. The first-order chi connectivity index (χ1) is 9.79. The Morgan fingerprint density at radius 2 is 1.95 bits per heavy atom. The summed E-state index contributed by atoms with van der Waals surface area (Å²) in [5, 5.41) is 8.79. The molecule has 0 spiro atoms. The van der Waals surface area contributed by atoms with Crippen molar-refractivity contribution in [3.63, 3.8) is 0 Å². The smallest absolute Gasteiger partial charge is 0.335 e. The highest BCUT2D eigenvalue weighted by Crippen LogP contribution is 2.17. The molecule has 0 aliphatic rings. The molecule has 2 rings (SSSR count). The van der Waals surface area contributed by atoms with Crippen LogP contribution >= 0.6 is 0 Å². The van der Waals surface area contributed by atoms with E-state index in [1.54, 1.807) is 13.8 Å². The molecular formula is C13H14N2O5S. The molecule has 8 heteroatoms. The van der Waals surface area contributed by atoms with Crippen LogP contribution in [0, 0.1) is 6.92 Å². The molecule has 1 unspecified atom stereocenters. The van der Waals surface area contributed by atoms with E-state index in [4.69, 9.17) is 9.52 Å². The summed E-state index contributed by atoms with van der Waals surface area (Å²) in [6, 6.07) is 4.30. The van der Waals surface area contributed by atoms with Crippen LogP contribution in [0.1, 0.15) is 35.0 Å². The minimum atomic E-state index is -3.78. The normalized spacial score (nSPS) is 13.0. The lowest BCUT2D eigenvalue weighted by Gasteiger charge is -2.11. The average Bonchev–Trinajstić information content (AvgIpc) is 2.85. The summed E-state index contributed by atoms with van der Waals surface area (Å²) in [5.41, 5.74) is 0.0188. The zero-order valence-electron chi connectivity index (χ0n) is 11.4. The van der Waals surface area contributed by atoms with Crippen molar-refractivity contribution in [2.75, 3.05) is 0 Å². The fraction of sp³-hybridized carbons (Fsp3) is 0.231. The predicted octanol–water partition coefficient (Wildman–Crippen LogP) is 1.72. The number of hydrogen-bond donors (Lipinski definition) is 2. The fourth-order valence-corrected chi connectivity index (χ4v) is 2.90. The SMILES string of the molecule is Cc1cnc(C(C)NS(=O)(=O)c2ccc(C(=O)O)cc2)o1. The minimum Gasteiger partial charge on any atom is -0.478 e. The molecule has 0 amide bonds. The summed E-state index contributed by atoms with van der Waals surface area (Å²) < 4.78 is 32.0. The van der Waals surface area contributed by atoms with Crippen LogP contribution in [0.2, 0.25) is 0 Å². The molecule has 1 heterocycles. The zero-order chi connectivity index (χ0) is 15.6. The molecule has 0 bridgehead atoms. The maximum atomic E-state index is 12.2. The third-order valence-electron chi connectivity index (χ3n) is 2.75. The molecule has 0 aliphatic heterocycles. The summed E-state index contributed by atoms with van der Waals surface area (Å²) in [4.78, 5) is 14.7. The van der Waals surface area contributed by atoms with Crippen molar-refractivity contribution in [1.82, 2.24) is 9.71 Å². The largest absolute Gasteiger partial charge is 0.478 e. The second-order valence-corrected chi connectivity index (χ2v) is 6.20. The highest BCUT2D eigenvalue weighted by atomic mass is 32.2. The van der Waals surface area contributed by atoms with Crippen LogP contribution in [0.25, 0.3) is 0 Å². The Morgan fingerprint density at radius 1 is 1.33 bits per heavy atom. The second kappa shape index (κ2) is 5.66. The average molecular weight is 310 g/mol. The topological polar surface area (TPSA) is 110 Å². The lowest BCUT2D eigenvalue weighted by molar-refractivity contribution is 0.0696. The van der Waals surface area contributed by atoms with E-state index in [9.17, 15) is 13.2 Å². The Bertz CT molecular complexity index is 749. The monoisotopic (exact) mass is 310 g/mol. The van der Waals surface area contributed by atoms with Gasteiger partial charge in [0, 0.05) is 0 Å². The van der Waals surface area contributed by atoms with Gasteiger partial charge in [-0.05, 0) is 38.1 Å². The van der Waals surface area contributed by atoms with E-state index in [1.807, 2.05) is 0 Å². The highest BCUT2D eigenvalue weighted by molar-refractivity contribution is 7.89. The first-order valence-corrected chi connectivity index (χ1v) is 7.56. The standard InChI is InChI=1S/C13H14N2O5S/c1-8-7-14-12(20-8)9(2)15-21(18,19)11-5-3-10(4-6-11)13(16)17/h3-7,9,15H,1-2H3,(H,16,17). The van der Waals surface area contributed by atoms with E-state index < -0.39 is 22.0 Å². The van der Waals surface area contributed by atoms with Gasteiger partial charge in [0.1, 0.15) is 5.76 Å². The van der Waals surface area contributed by atoms with Gasteiger partial charge in [-0.25, -0.2) is 18.2 Å². The molecule has 0 radical (unpaired) electrons. The maximum Gasteiger partial charge on any atom is 0.335 e. The number of aromatic nitrogens is 1. The second-order valence-electron chi connectivity index (χ2n) is 4.48. The van der Waals surface area contributed by atoms with E-state index in [1.165, 1.54) is 30.5 Å². The number of nitrogens with one attached hydrogen (secondary N) is 1. The van der Waals surface area contributed by atoms with E-state index in [2.05, 4.69) is 9.71 Å². The molecule has 112 valence electrons. The van der Waals surface area contributed by atoms with Crippen molar-refractivity contribution in [3.8, 4) is 0 Å². The predicted molar refractivity (Wildman–Crippen MR) is 73.4 cm³/mol. The maximum absolute atomic E-state index is 12.2. The van der Waals surface area contributed by atoms with Crippen LogP contribution in [-0.4, -0.2) is 24.5 Å². The molecule has 0 saturated heterocycles. The minimum absolute atomic E-state index is 0.0188. The Hall–Kier alpha value is -2.19. The summed E-state index contributed by atoms with van der Waals surface area (Å²) in [6.07, 6.45) is 1.50. The van der Waals surface area contributed by atoms with Crippen LogP contribution in [0.15, 0.2) is 39.8 Å². The van der Waals surface area contributed by atoms with Gasteiger partial charge in [0.2, 0.25) is 15.9 Å². The quantitative estimate of drug-likeness (QED) is 0.870. The van der Waals surface area contributed by atoms with Crippen LogP contribution in [0.5, 0.6) is 0 Å². The molecule has 21 heavy (non-hydrogen) atoms. The summed E-state index contributed by atoms with van der Waals surface area (Å²) >= 11 is 0. The van der Waals surface area contributed by atoms with Crippen molar-refractivity contribution < 1.29 is 22.7 Å². The Kier molecular flexibility index (Phi) is 4.10. The van der Waals surface area contributed by atoms with Crippen LogP contribution in [0.3, 0.4) is 0 Å².